The smallest absolute Gasteiger partial charge is 0.306 e. The van der Waals surface area contributed by atoms with Crippen LogP contribution in [0.15, 0.2) is 12.2 Å². The van der Waals surface area contributed by atoms with Crippen molar-refractivity contribution in [1.82, 2.24) is 5.32 Å². The third-order valence-corrected chi connectivity index (χ3v) is 12.6. The Morgan fingerprint density at radius 2 is 0.800 bits per heavy atom. The Labute approximate surface area is 374 Å². The lowest BCUT2D eigenvalue weighted by Crippen LogP contribution is -2.46. The first-order valence-corrected chi connectivity index (χ1v) is 26.9. The standard InChI is InChI=1S/C54H105NO5/c1-4-7-10-13-16-19-22-25-26-27-29-31-34-37-40-43-46-52(57)51(49-56)55-53(58)48-50(45-42-39-36-33-30-24-21-18-15-12-9-6-3)60-54(59)47-44-41-38-35-32-28-23-20-17-14-11-8-5-2/h28,32,50-52,56-57H,4-27,29-31,33-49H2,1-3H3,(H,55,58)/b32-28-. The van der Waals surface area contributed by atoms with Gasteiger partial charge in [0.25, 0.3) is 0 Å². The zero-order chi connectivity index (χ0) is 43.8. The zero-order valence-electron chi connectivity index (χ0n) is 40.6. The molecule has 6 heteroatoms. The summed E-state index contributed by atoms with van der Waals surface area (Å²) < 4.78 is 5.93. The highest BCUT2D eigenvalue weighted by molar-refractivity contribution is 5.77. The van der Waals surface area contributed by atoms with Gasteiger partial charge in [0.2, 0.25) is 5.91 Å². The highest BCUT2D eigenvalue weighted by Gasteiger charge is 2.24. The topological polar surface area (TPSA) is 95.9 Å². The van der Waals surface area contributed by atoms with Crippen molar-refractivity contribution in [2.75, 3.05) is 6.61 Å². The van der Waals surface area contributed by atoms with Gasteiger partial charge in [-0.2, -0.15) is 0 Å². The Kier molecular flexibility index (Phi) is 47.5. The molecule has 0 saturated carbocycles. The fourth-order valence-electron chi connectivity index (χ4n) is 8.49. The summed E-state index contributed by atoms with van der Waals surface area (Å²) in [5.74, 6) is -0.475. The summed E-state index contributed by atoms with van der Waals surface area (Å²) in [5.41, 5.74) is 0. The van der Waals surface area contributed by atoms with Crippen molar-refractivity contribution in [3.8, 4) is 0 Å². The second kappa shape index (κ2) is 48.6. The van der Waals surface area contributed by atoms with Crippen LogP contribution < -0.4 is 5.32 Å². The summed E-state index contributed by atoms with van der Waals surface area (Å²) >= 11 is 0. The van der Waals surface area contributed by atoms with Crippen molar-refractivity contribution in [1.29, 1.82) is 0 Å². The first-order valence-electron chi connectivity index (χ1n) is 26.9. The second-order valence-corrected chi connectivity index (χ2v) is 18.6. The van der Waals surface area contributed by atoms with E-state index in [4.69, 9.17) is 4.74 Å². The summed E-state index contributed by atoms with van der Waals surface area (Å²) in [6, 6.07) is -0.698. The van der Waals surface area contributed by atoms with Crippen LogP contribution >= 0.6 is 0 Å². The number of amides is 1. The molecule has 3 N–H and O–H groups in total. The molecule has 0 spiro atoms. The Morgan fingerprint density at radius 1 is 0.467 bits per heavy atom. The molecule has 0 rings (SSSR count). The van der Waals surface area contributed by atoms with Gasteiger partial charge in [-0.15, -0.1) is 0 Å². The first kappa shape index (κ1) is 58.6. The van der Waals surface area contributed by atoms with Crippen LogP contribution in [0.4, 0.5) is 0 Å². The third-order valence-electron chi connectivity index (χ3n) is 12.6. The quantitative estimate of drug-likeness (QED) is 0.0322. The molecule has 0 saturated heterocycles. The lowest BCUT2D eigenvalue weighted by atomic mass is 10.0. The van der Waals surface area contributed by atoms with Crippen LogP contribution in [0.1, 0.15) is 297 Å². The summed E-state index contributed by atoms with van der Waals surface area (Å²) in [6.07, 6.45) is 54.1. The molecule has 0 aliphatic rings. The van der Waals surface area contributed by atoms with E-state index < -0.39 is 18.2 Å². The minimum Gasteiger partial charge on any atom is -0.462 e. The van der Waals surface area contributed by atoms with Gasteiger partial charge >= 0.3 is 5.97 Å². The second-order valence-electron chi connectivity index (χ2n) is 18.6. The summed E-state index contributed by atoms with van der Waals surface area (Å²) in [4.78, 5) is 26.1. The van der Waals surface area contributed by atoms with Crippen molar-refractivity contribution in [2.45, 2.75) is 315 Å². The van der Waals surface area contributed by atoms with Gasteiger partial charge in [-0.1, -0.05) is 245 Å². The van der Waals surface area contributed by atoms with Crippen molar-refractivity contribution >= 4 is 11.9 Å². The number of aliphatic hydroxyl groups is 2. The minimum atomic E-state index is -0.784. The fraction of sp³-hybridized carbons (Fsp3) is 0.926. The summed E-state index contributed by atoms with van der Waals surface area (Å²) in [6.45, 7) is 6.50. The average molecular weight is 848 g/mol. The number of carbonyl (C=O) groups excluding carboxylic acids is 2. The van der Waals surface area contributed by atoms with Gasteiger partial charge in [0.1, 0.15) is 6.10 Å². The van der Waals surface area contributed by atoms with Gasteiger partial charge in [-0.05, 0) is 51.4 Å². The molecule has 3 unspecified atom stereocenters. The van der Waals surface area contributed by atoms with Crippen LogP contribution in [-0.4, -0.2) is 46.9 Å². The predicted molar refractivity (Wildman–Crippen MR) is 260 cm³/mol. The molecule has 6 nitrogen and oxygen atoms in total. The number of aliphatic hydroxyl groups excluding tert-OH is 2. The number of carbonyl (C=O) groups is 2. The van der Waals surface area contributed by atoms with Gasteiger partial charge in [0.15, 0.2) is 0 Å². The Balaban J connectivity index is 4.49. The largest absolute Gasteiger partial charge is 0.462 e. The van der Waals surface area contributed by atoms with Gasteiger partial charge < -0.3 is 20.3 Å². The molecule has 0 bridgehead atoms. The summed E-state index contributed by atoms with van der Waals surface area (Å²) in [7, 11) is 0. The number of hydrogen-bond donors (Lipinski definition) is 3. The average Bonchev–Trinajstić information content (AvgIpc) is 3.24. The number of unbranched alkanes of at least 4 members (excludes halogenated alkanes) is 35. The van der Waals surface area contributed by atoms with Crippen molar-refractivity contribution in [2.24, 2.45) is 0 Å². The molecular formula is C54H105NO5. The SMILES string of the molecule is CCCCCCCC/C=C\CCCCCC(=O)OC(CCCCCCCCCCCCCC)CC(=O)NC(CO)C(O)CCCCCCCCCCCCCCCCCC. The van der Waals surface area contributed by atoms with Gasteiger partial charge in [0.05, 0.1) is 25.2 Å². The van der Waals surface area contributed by atoms with Crippen LogP contribution in [0.25, 0.3) is 0 Å². The van der Waals surface area contributed by atoms with E-state index in [0.29, 0.717) is 19.3 Å². The van der Waals surface area contributed by atoms with Crippen LogP contribution in [0.3, 0.4) is 0 Å². The van der Waals surface area contributed by atoms with E-state index in [0.717, 1.165) is 51.4 Å². The Hall–Kier alpha value is -1.40. The number of nitrogens with one attached hydrogen (secondary N) is 1. The van der Waals surface area contributed by atoms with Crippen LogP contribution in [0.2, 0.25) is 0 Å². The van der Waals surface area contributed by atoms with Crippen LogP contribution in [0.5, 0.6) is 0 Å². The zero-order valence-corrected chi connectivity index (χ0v) is 40.6. The van der Waals surface area contributed by atoms with Crippen molar-refractivity contribution in [3.05, 3.63) is 12.2 Å². The molecule has 0 aliphatic heterocycles. The van der Waals surface area contributed by atoms with E-state index >= 15 is 0 Å². The van der Waals surface area contributed by atoms with E-state index in [9.17, 15) is 19.8 Å². The Bertz CT molecular complexity index is 909. The predicted octanol–water partition coefficient (Wildman–Crippen LogP) is 16.1. The lowest BCUT2D eigenvalue weighted by Gasteiger charge is -2.24. The Morgan fingerprint density at radius 3 is 1.18 bits per heavy atom. The van der Waals surface area contributed by atoms with Gasteiger partial charge in [-0.3, -0.25) is 9.59 Å². The highest BCUT2D eigenvalue weighted by Crippen LogP contribution is 2.18. The number of ether oxygens (including phenoxy) is 1. The van der Waals surface area contributed by atoms with E-state index in [-0.39, 0.29) is 24.9 Å². The first-order chi connectivity index (χ1) is 29.5. The van der Waals surface area contributed by atoms with E-state index in [1.54, 1.807) is 0 Å². The normalized spacial score (nSPS) is 13.2. The number of esters is 1. The minimum absolute atomic E-state index is 0.0788. The van der Waals surface area contributed by atoms with Crippen LogP contribution in [0, 0.1) is 0 Å². The lowest BCUT2D eigenvalue weighted by molar-refractivity contribution is -0.151. The molecule has 356 valence electrons. The monoisotopic (exact) mass is 848 g/mol. The van der Waals surface area contributed by atoms with E-state index in [1.807, 2.05) is 0 Å². The molecular weight excluding hydrogens is 743 g/mol. The van der Waals surface area contributed by atoms with E-state index in [2.05, 4.69) is 38.2 Å². The maximum atomic E-state index is 13.2. The molecule has 0 heterocycles. The van der Waals surface area contributed by atoms with Crippen LogP contribution in [-0.2, 0) is 14.3 Å². The maximum Gasteiger partial charge on any atom is 0.306 e. The molecule has 0 aromatic rings. The number of rotatable bonds is 49. The molecule has 0 aromatic heterocycles. The fourth-order valence-corrected chi connectivity index (χ4v) is 8.49. The molecule has 1 amide bonds. The third kappa shape index (κ3) is 43.3. The molecule has 0 fully saturated rings. The molecule has 0 aliphatic carbocycles. The molecule has 0 aromatic carbocycles. The number of hydrogen-bond acceptors (Lipinski definition) is 5. The summed E-state index contributed by atoms with van der Waals surface area (Å²) in [5, 5.41) is 23.8. The highest BCUT2D eigenvalue weighted by atomic mass is 16.5. The van der Waals surface area contributed by atoms with Gasteiger partial charge in [-0.25, -0.2) is 0 Å². The van der Waals surface area contributed by atoms with Gasteiger partial charge in [0, 0.05) is 6.42 Å². The van der Waals surface area contributed by atoms with Crippen molar-refractivity contribution in [3.63, 3.8) is 0 Å². The number of allylic oxidation sites excluding steroid dienone is 2. The molecule has 60 heavy (non-hydrogen) atoms. The van der Waals surface area contributed by atoms with E-state index in [1.165, 1.54) is 199 Å². The van der Waals surface area contributed by atoms with Crippen molar-refractivity contribution < 1.29 is 24.5 Å². The molecule has 0 radical (unpaired) electrons. The maximum absolute atomic E-state index is 13.2. The molecule has 3 atom stereocenters.